The Labute approximate surface area is 159 Å². The molecule has 1 aromatic carbocycles. The highest BCUT2D eigenvalue weighted by molar-refractivity contribution is 5.93. The number of benzene rings is 1. The van der Waals surface area contributed by atoms with Gasteiger partial charge in [0.15, 0.2) is 0 Å². The van der Waals surface area contributed by atoms with Gasteiger partial charge in [-0.3, -0.25) is 4.79 Å². The molecule has 1 atom stereocenters. The third-order valence-electron chi connectivity index (χ3n) is 4.12. The van der Waals surface area contributed by atoms with E-state index < -0.39 is 23.4 Å². The molecule has 0 radical (unpaired) electrons. The van der Waals surface area contributed by atoms with E-state index in [0.717, 1.165) is 5.56 Å². The van der Waals surface area contributed by atoms with Crippen LogP contribution < -0.4 is 21.1 Å². The number of aromatic nitrogens is 1. The maximum absolute atomic E-state index is 12.1. The van der Waals surface area contributed by atoms with Gasteiger partial charge >= 0.3 is 6.03 Å². The summed E-state index contributed by atoms with van der Waals surface area (Å²) in [4.78, 5) is 27.9. The maximum Gasteiger partial charge on any atom is 0.319 e. The molecule has 1 aromatic heterocycles. The molecule has 7 heteroatoms. The predicted octanol–water partition coefficient (Wildman–Crippen LogP) is 3.51. The van der Waals surface area contributed by atoms with E-state index >= 15 is 0 Å². The first kappa shape index (κ1) is 20.2. The molecule has 0 fully saturated rings. The molecular weight excluding hydrogens is 344 g/mol. The number of urea groups is 1. The van der Waals surface area contributed by atoms with Crippen molar-refractivity contribution in [3.8, 4) is 11.6 Å². The second kappa shape index (κ2) is 8.07. The molecule has 0 unspecified atom stereocenters. The quantitative estimate of drug-likeness (QED) is 0.748. The Balaban J connectivity index is 1.99. The molecule has 7 nitrogen and oxygen atoms in total. The Morgan fingerprint density at radius 2 is 1.81 bits per heavy atom. The number of aryl methyl sites for hydroxylation is 2. The predicted molar refractivity (Wildman–Crippen MR) is 105 cm³/mol. The molecule has 144 valence electrons. The minimum absolute atomic E-state index is 0.411. The highest BCUT2D eigenvalue weighted by Crippen LogP contribution is 2.23. The van der Waals surface area contributed by atoms with Crippen molar-refractivity contribution < 1.29 is 14.3 Å². The number of carbonyl (C=O) groups is 2. The van der Waals surface area contributed by atoms with Crippen molar-refractivity contribution >= 4 is 17.6 Å². The lowest BCUT2D eigenvalue weighted by Crippen LogP contribution is -2.53. The molecule has 0 bridgehead atoms. The molecule has 0 saturated heterocycles. The van der Waals surface area contributed by atoms with E-state index in [0.29, 0.717) is 17.3 Å². The molecule has 2 aromatic rings. The second-order valence-electron chi connectivity index (χ2n) is 7.53. The Morgan fingerprint density at radius 1 is 1.11 bits per heavy atom. The van der Waals surface area contributed by atoms with E-state index in [4.69, 9.17) is 10.5 Å². The van der Waals surface area contributed by atoms with Crippen LogP contribution in [0.2, 0.25) is 0 Å². The summed E-state index contributed by atoms with van der Waals surface area (Å²) in [6, 6.07) is 7.79. The number of ether oxygens (including phenoxy) is 1. The summed E-state index contributed by atoms with van der Waals surface area (Å²) < 4.78 is 5.71. The zero-order valence-electron chi connectivity index (χ0n) is 16.3. The lowest BCUT2D eigenvalue weighted by molar-refractivity contribution is -0.122. The number of nitrogens with two attached hydrogens (primary N) is 1. The van der Waals surface area contributed by atoms with E-state index in [9.17, 15) is 9.59 Å². The molecule has 27 heavy (non-hydrogen) atoms. The summed E-state index contributed by atoms with van der Waals surface area (Å²) >= 11 is 0. The van der Waals surface area contributed by atoms with Crippen LogP contribution in [-0.4, -0.2) is 23.0 Å². The monoisotopic (exact) mass is 370 g/mol. The lowest BCUT2D eigenvalue weighted by Gasteiger charge is -2.28. The van der Waals surface area contributed by atoms with Gasteiger partial charge in [-0.2, -0.15) is 0 Å². The topological polar surface area (TPSA) is 106 Å². The SMILES string of the molecule is Cc1ccc(Oc2ccc(NC(=O)N[C@@H](C(N)=O)C(C)(C)C)cn2)cc1C. The Hall–Kier alpha value is -3.09. The Morgan fingerprint density at radius 3 is 2.33 bits per heavy atom. The zero-order chi connectivity index (χ0) is 20.2. The Kier molecular flexibility index (Phi) is 6.05. The largest absolute Gasteiger partial charge is 0.439 e. The molecule has 0 aliphatic carbocycles. The fourth-order valence-electron chi connectivity index (χ4n) is 2.43. The number of hydrogen-bond donors (Lipinski definition) is 3. The number of nitrogens with zero attached hydrogens (tertiary/aromatic N) is 1. The van der Waals surface area contributed by atoms with E-state index in [1.54, 1.807) is 12.1 Å². The molecule has 3 amide bonds. The minimum Gasteiger partial charge on any atom is -0.439 e. The van der Waals surface area contributed by atoms with Gasteiger partial charge in [0.25, 0.3) is 0 Å². The van der Waals surface area contributed by atoms with Crippen LogP contribution >= 0.6 is 0 Å². The average Bonchev–Trinajstić information content (AvgIpc) is 2.56. The summed E-state index contributed by atoms with van der Waals surface area (Å²) in [5.41, 5.74) is 7.66. The van der Waals surface area contributed by atoms with E-state index in [2.05, 4.69) is 15.6 Å². The molecule has 0 aliphatic rings. The first-order chi connectivity index (χ1) is 12.6. The second-order valence-corrected chi connectivity index (χ2v) is 7.53. The number of pyridine rings is 1. The number of rotatable bonds is 5. The summed E-state index contributed by atoms with van der Waals surface area (Å²) in [5.74, 6) is 0.514. The number of primary amides is 1. The number of nitrogens with one attached hydrogen (secondary N) is 2. The van der Waals surface area contributed by atoms with Gasteiger partial charge in [0, 0.05) is 6.07 Å². The van der Waals surface area contributed by atoms with E-state index in [-0.39, 0.29) is 0 Å². The average molecular weight is 370 g/mol. The van der Waals surface area contributed by atoms with Crippen LogP contribution in [0.15, 0.2) is 36.5 Å². The number of anilines is 1. The van der Waals surface area contributed by atoms with Crippen LogP contribution in [0.1, 0.15) is 31.9 Å². The van der Waals surface area contributed by atoms with Gasteiger partial charge in [-0.05, 0) is 48.6 Å². The highest BCUT2D eigenvalue weighted by Gasteiger charge is 2.31. The third kappa shape index (κ3) is 5.70. The van der Waals surface area contributed by atoms with Gasteiger partial charge in [-0.25, -0.2) is 9.78 Å². The smallest absolute Gasteiger partial charge is 0.319 e. The first-order valence-electron chi connectivity index (χ1n) is 8.64. The van der Waals surface area contributed by atoms with Crippen molar-refractivity contribution in [1.29, 1.82) is 0 Å². The lowest BCUT2D eigenvalue weighted by atomic mass is 9.86. The molecule has 4 N–H and O–H groups in total. The van der Waals surface area contributed by atoms with Crippen molar-refractivity contribution in [2.24, 2.45) is 11.1 Å². The molecule has 1 heterocycles. The summed E-state index contributed by atoms with van der Waals surface area (Å²) in [6.45, 7) is 9.51. The van der Waals surface area contributed by atoms with Crippen LogP contribution in [0, 0.1) is 19.3 Å². The van der Waals surface area contributed by atoms with Gasteiger partial charge in [-0.1, -0.05) is 26.8 Å². The van der Waals surface area contributed by atoms with Crippen LogP contribution in [0.5, 0.6) is 11.6 Å². The van der Waals surface area contributed by atoms with Gasteiger partial charge < -0.3 is 21.1 Å². The summed E-state index contributed by atoms with van der Waals surface area (Å²) in [5, 5.41) is 5.22. The van der Waals surface area contributed by atoms with Gasteiger partial charge in [-0.15, -0.1) is 0 Å². The summed E-state index contributed by atoms with van der Waals surface area (Å²) in [6.07, 6.45) is 1.48. The van der Waals surface area contributed by atoms with Gasteiger partial charge in [0.2, 0.25) is 11.8 Å². The van der Waals surface area contributed by atoms with Crippen molar-refractivity contribution in [2.45, 2.75) is 40.7 Å². The van der Waals surface area contributed by atoms with Crippen LogP contribution in [0.25, 0.3) is 0 Å². The Bertz CT molecular complexity index is 826. The third-order valence-corrected chi connectivity index (χ3v) is 4.12. The molecule has 0 aliphatic heterocycles. The van der Waals surface area contributed by atoms with Crippen molar-refractivity contribution in [1.82, 2.24) is 10.3 Å². The van der Waals surface area contributed by atoms with Crippen LogP contribution in [0.4, 0.5) is 10.5 Å². The molecule has 0 spiro atoms. The van der Waals surface area contributed by atoms with E-state index in [1.807, 2.05) is 52.8 Å². The van der Waals surface area contributed by atoms with Crippen LogP contribution in [0.3, 0.4) is 0 Å². The van der Waals surface area contributed by atoms with Crippen molar-refractivity contribution in [2.75, 3.05) is 5.32 Å². The molecule has 2 rings (SSSR count). The zero-order valence-corrected chi connectivity index (χ0v) is 16.3. The molecule has 0 saturated carbocycles. The molecular formula is C20H26N4O3. The van der Waals surface area contributed by atoms with Crippen molar-refractivity contribution in [3.05, 3.63) is 47.7 Å². The fourth-order valence-corrected chi connectivity index (χ4v) is 2.43. The van der Waals surface area contributed by atoms with Gasteiger partial charge in [0.05, 0.1) is 11.9 Å². The fraction of sp³-hybridized carbons (Fsp3) is 0.350. The summed E-state index contributed by atoms with van der Waals surface area (Å²) in [7, 11) is 0. The highest BCUT2D eigenvalue weighted by atomic mass is 16.5. The van der Waals surface area contributed by atoms with Crippen molar-refractivity contribution in [3.63, 3.8) is 0 Å². The maximum atomic E-state index is 12.1. The van der Waals surface area contributed by atoms with Crippen LogP contribution in [-0.2, 0) is 4.79 Å². The normalized spacial score (nSPS) is 12.2. The minimum atomic E-state index is -0.794. The number of amides is 3. The number of carbonyl (C=O) groups excluding carboxylic acids is 2. The number of hydrogen-bond acceptors (Lipinski definition) is 4. The first-order valence-corrected chi connectivity index (χ1v) is 8.64. The van der Waals surface area contributed by atoms with Gasteiger partial charge in [0.1, 0.15) is 11.8 Å². The standard InChI is InChI=1S/C20H26N4O3/c1-12-6-8-15(10-13(12)2)27-16-9-7-14(11-22-16)23-19(26)24-17(18(21)25)20(3,4)5/h6-11,17H,1-5H3,(H2,21,25)(H2,23,24,26)/t17-/m0/s1. The van der Waals surface area contributed by atoms with E-state index in [1.165, 1.54) is 11.8 Å².